The molecular formula is C15H21N. The van der Waals surface area contributed by atoms with Crippen LogP contribution in [0.25, 0.3) is 6.08 Å². The van der Waals surface area contributed by atoms with Gasteiger partial charge in [0.2, 0.25) is 0 Å². The Hall–Kier alpha value is -1.08. The number of allylic oxidation sites excluding steroid dienone is 1. The summed E-state index contributed by atoms with van der Waals surface area (Å²) < 4.78 is 0. The molecule has 1 unspecified atom stereocenters. The Morgan fingerprint density at radius 2 is 2.00 bits per heavy atom. The molecule has 0 bridgehead atoms. The summed E-state index contributed by atoms with van der Waals surface area (Å²) in [4.78, 5) is 0. The molecule has 1 fully saturated rings. The maximum Gasteiger partial charge on any atom is 0.0272 e. The minimum atomic E-state index is 0.105. The first-order chi connectivity index (χ1) is 7.50. The first-order valence-electron chi connectivity index (χ1n) is 6.03. The van der Waals surface area contributed by atoms with E-state index in [0.29, 0.717) is 5.41 Å². The summed E-state index contributed by atoms with van der Waals surface area (Å²) in [5, 5.41) is 0. The van der Waals surface area contributed by atoms with E-state index < -0.39 is 0 Å². The van der Waals surface area contributed by atoms with E-state index >= 15 is 0 Å². The molecule has 0 aliphatic heterocycles. The van der Waals surface area contributed by atoms with Crippen LogP contribution in [0.15, 0.2) is 30.3 Å². The summed E-state index contributed by atoms with van der Waals surface area (Å²) in [5.41, 5.74) is 8.97. The van der Waals surface area contributed by atoms with E-state index in [1.54, 1.807) is 0 Å². The number of rotatable bonds is 3. The summed E-state index contributed by atoms with van der Waals surface area (Å²) in [7, 11) is 0. The third kappa shape index (κ3) is 2.35. The van der Waals surface area contributed by atoms with Crippen molar-refractivity contribution in [3.8, 4) is 0 Å². The van der Waals surface area contributed by atoms with Crippen LogP contribution in [-0.2, 0) is 0 Å². The lowest BCUT2D eigenvalue weighted by molar-refractivity contribution is 0.611. The molecule has 0 saturated heterocycles. The Labute approximate surface area is 98.4 Å². The standard InChI is InChI=1S/C15H21N/c1-11(16)14-7-5-4-6-12(14)8-9-13-10-15(13,2)3/h4-9,11,13H,10,16H2,1-3H3/b9-8+/t11-,13?/m0/s1. The topological polar surface area (TPSA) is 26.0 Å². The van der Waals surface area contributed by atoms with Crippen LogP contribution < -0.4 is 5.73 Å². The van der Waals surface area contributed by atoms with Crippen LogP contribution in [-0.4, -0.2) is 0 Å². The van der Waals surface area contributed by atoms with Crippen molar-refractivity contribution in [2.75, 3.05) is 0 Å². The van der Waals surface area contributed by atoms with Crippen LogP contribution >= 0.6 is 0 Å². The van der Waals surface area contributed by atoms with Crippen LogP contribution in [0, 0.1) is 11.3 Å². The second kappa shape index (κ2) is 4.06. The zero-order chi connectivity index (χ0) is 11.8. The lowest BCUT2D eigenvalue weighted by atomic mass is 10.0. The molecule has 1 heteroatoms. The number of nitrogens with two attached hydrogens (primary N) is 1. The quantitative estimate of drug-likeness (QED) is 0.816. The van der Waals surface area contributed by atoms with Gasteiger partial charge in [-0.25, -0.2) is 0 Å². The van der Waals surface area contributed by atoms with E-state index in [2.05, 4.69) is 50.3 Å². The van der Waals surface area contributed by atoms with Crippen LogP contribution in [0.4, 0.5) is 0 Å². The van der Waals surface area contributed by atoms with Gasteiger partial charge in [0, 0.05) is 6.04 Å². The van der Waals surface area contributed by atoms with Gasteiger partial charge in [0.25, 0.3) is 0 Å². The van der Waals surface area contributed by atoms with Gasteiger partial charge < -0.3 is 5.73 Å². The largest absolute Gasteiger partial charge is 0.324 e. The van der Waals surface area contributed by atoms with Crippen LogP contribution in [0.3, 0.4) is 0 Å². The Balaban J connectivity index is 2.15. The third-order valence-electron chi connectivity index (χ3n) is 3.58. The fraction of sp³-hybridized carbons (Fsp3) is 0.467. The van der Waals surface area contributed by atoms with Gasteiger partial charge in [-0.3, -0.25) is 0 Å². The fourth-order valence-corrected chi connectivity index (χ4v) is 2.13. The maximum absolute atomic E-state index is 5.96. The van der Waals surface area contributed by atoms with Gasteiger partial charge in [-0.1, -0.05) is 50.3 Å². The van der Waals surface area contributed by atoms with E-state index in [1.807, 2.05) is 6.92 Å². The Bertz CT molecular complexity index is 402. The number of hydrogen-bond donors (Lipinski definition) is 1. The third-order valence-corrected chi connectivity index (χ3v) is 3.58. The lowest BCUT2D eigenvalue weighted by Crippen LogP contribution is -2.06. The fourth-order valence-electron chi connectivity index (χ4n) is 2.13. The number of hydrogen-bond acceptors (Lipinski definition) is 1. The second-order valence-corrected chi connectivity index (χ2v) is 5.58. The molecule has 1 aliphatic rings. The molecule has 0 radical (unpaired) electrons. The summed E-state index contributed by atoms with van der Waals surface area (Å²) in [6, 6.07) is 8.49. The molecule has 0 aromatic heterocycles. The average Bonchev–Trinajstić information content (AvgIpc) is 2.84. The molecule has 2 rings (SSSR count). The summed E-state index contributed by atoms with van der Waals surface area (Å²) in [6.45, 7) is 6.67. The molecular weight excluding hydrogens is 194 g/mol. The molecule has 0 amide bonds. The minimum Gasteiger partial charge on any atom is -0.324 e. The molecule has 1 aliphatic carbocycles. The molecule has 1 aromatic carbocycles. The van der Waals surface area contributed by atoms with Gasteiger partial charge >= 0.3 is 0 Å². The van der Waals surface area contributed by atoms with Crippen molar-refractivity contribution in [1.82, 2.24) is 0 Å². The molecule has 1 saturated carbocycles. The highest BCUT2D eigenvalue weighted by Gasteiger charge is 2.43. The van der Waals surface area contributed by atoms with Crippen molar-refractivity contribution < 1.29 is 0 Å². The van der Waals surface area contributed by atoms with Crippen molar-refractivity contribution in [3.05, 3.63) is 41.5 Å². The average molecular weight is 215 g/mol. The summed E-state index contributed by atoms with van der Waals surface area (Å²) in [5.74, 6) is 0.744. The SMILES string of the molecule is C[C@H](N)c1ccccc1/C=C/C1CC1(C)C. The number of benzene rings is 1. The van der Waals surface area contributed by atoms with Crippen LogP contribution in [0.5, 0.6) is 0 Å². The molecule has 2 atom stereocenters. The minimum absolute atomic E-state index is 0.105. The van der Waals surface area contributed by atoms with Crippen molar-refractivity contribution in [3.63, 3.8) is 0 Å². The highest BCUT2D eigenvalue weighted by Crippen LogP contribution is 2.52. The lowest BCUT2D eigenvalue weighted by Gasteiger charge is -2.09. The van der Waals surface area contributed by atoms with Gasteiger partial charge in [-0.05, 0) is 35.8 Å². The Kier molecular flexibility index (Phi) is 2.90. The van der Waals surface area contributed by atoms with Crippen molar-refractivity contribution in [1.29, 1.82) is 0 Å². The van der Waals surface area contributed by atoms with Crippen molar-refractivity contribution in [2.24, 2.45) is 17.1 Å². The van der Waals surface area contributed by atoms with Crippen LogP contribution in [0.1, 0.15) is 44.4 Å². The molecule has 0 heterocycles. The molecule has 16 heavy (non-hydrogen) atoms. The highest BCUT2D eigenvalue weighted by molar-refractivity contribution is 5.55. The summed E-state index contributed by atoms with van der Waals surface area (Å²) >= 11 is 0. The molecule has 0 spiro atoms. The predicted molar refractivity (Wildman–Crippen MR) is 70.0 cm³/mol. The van der Waals surface area contributed by atoms with Gasteiger partial charge in [0.15, 0.2) is 0 Å². The molecule has 86 valence electrons. The molecule has 1 nitrogen and oxygen atoms in total. The maximum atomic E-state index is 5.96. The first kappa shape index (κ1) is 11.4. The highest BCUT2D eigenvalue weighted by atomic mass is 14.6. The van der Waals surface area contributed by atoms with Gasteiger partial charge in [-0.15, -0.1) is 0 Å². The normalized spacial score (nSPS) is 24.6. The zero-order valence-corrected chi connectivity index (χ0v) is 10.4. The predicted octanol–water partition coefficient (Wildman–Crippen LogP) is 3.77. The van der Waals surface area contributed by atoms with Crippen molar-refractivity contribution >= 4 is 6.08 Å². The molecule has 2 N–H and O–H groups in total. The van der Waals surface area contributed by atoms with Gasteiger partial charge in [-0.2, -0.15) is 0 Å². The monoisotopic (exact) mass is 215 g/mol. The Morgan fingerprint density at radius 1 is 1.38 bits per heavy atom. The zero-order valence-electron chi connectivity index (χ0n) is 10.4. The van der Waals surface area contributed by atoms with E-state index in [9.17, 15) is 0 Å². The van der Waals surface area contributed by atoms with Gasteiger partial charge in [0.05, 0.1) is 0 Å². The van der Waals surface area contributed by atoms with E-state index in [0.717, 1.165) is 5.92 Å². The van der Waals surface area contributed by atoms with E-state index in [4.69, 9.17) is 5.73 Å². The van der Waals surface area contributed by atoms with E-state index in [1.165, 1.54) is 17.5 Å². The second-order valence-electron chi connectivity index (χ2n) is 5.58. The van der Waals surface area contributed by atoms with Gasteiger partial charge in [0.1, 0.15) is 0 Å². The van der Waals surface area contributed by atoms with Crippen LogP contribution in [0.2, 0.25) is 0 Å². The Morgan fingerprint density at radius 3 is 2.56 bits per heavy atom. The summed E-state index contributed by atoms with van der Waals surface area (Å²) in [6.07, 6.45) is 5.88. The van der Waals surface area contributed by atoms with E-state index in [-0.39, 0.29) is 6.04 Å². The smallest absolute Gasteiger partial charge is 0.0272 e. The first-order valence-corrected chi connectivity index (χ1v) is 6.03. The molecule has 1 aromatic rings. The van der Waals surface area contributed by atoms with Crippen molar-refractivity contribution in [2.45, 2.75) is 33.2 Å².